The lowest BCUT2D eigenvalue weighted by Crippen LogP contribution is -2.39. The molecule has 80 valence electrons. The van der Waals surface area contributed by atoms with Crippen LogP contribution in [0.1, 0.15) is 11.1 Å². The van der Waals surface area contributed by atoms with Gasteiger partial charge in [-0.2, -0.15) is 0 Å². The highest BCUT2D eigenvalue weighted by molar-refractivity contribution is 6.00. The van der Waals surface area contributed by atoms with Gasteiger partial charge in [-0.15, -0.1) is 0 Å². The van der Waals surface area contributed by atoms with Gasteiger partial charge in [0.05, 0.1) is 11.4 Å². The highest BCUT2D eigenvalue weighted by Gasteiger charge is 2.20. The topological polar surface area (TPSA) is 67.1 Å². The molecule has 0 unspecified atom stereocenters. The lowest BCUT2D eigenvalue weighted by atomic mass is 10.1. The van der Waals surface area contributed by atoms with Crippen LogP contribution < -0.4 is 16.4 Å². The van der Waals surface area contributed by atoms with Crippen LogP contribution in [0.15, 0.2) is 12.1 Å². The fraction of sp³-hybridized carbons (Fsp3) is 0.364. The van der Waals surface area contributed by atoms with Crippen molar-refractivity contribution in [2.24, 2.45) is 5.73 Å². The number of nitrogens with one attached hydrogen (secondary N) is 2. The Bertz CT molecular complexity index is 415. The number of nitrogens with two attached hydrogens (primary N) is 1. The Morgan fingerprint density at radius 1 is 1.40 bits per heavy atom. The third-order valence-corrected chi connectivity index (χ3v) is 2.58. The van der Waals surface area contributed by atoms with E-state index in [9.17, 15) is 4.79 Å². The summed E-state index contributed by atoms with van der Waals surface area (Å²) in [4.78, 5) is 11.5. The zero-order valence-electron chi connectivity index (χ0n) is 8.92. The van der Waals surface area contributed by atoms with Crippen molar-refractivity contribution in [3.8, 4) is 0 Å². The Morgan fingerprint density at radius 3 is 2.87 bits per heavy atom. The fourth-order valence-corrected chi connectivity index (χ4v) is 1.80. The van der Waals surface area contributed by atoms with E-state index < -0.39 is 6.04 Å². The molecule has 4 heteroatoms. The lowest BCUT2D eigenvalue weighted by Gasteiger charge is -2.11. The van der Waals surface area contributed by atoms with Gasteiger partial charge in [0.25, 0.3) is 0 Å². The highest BCUT2D eigenvalue weighted by Crippen LogP contribution is 2.29. The minimum atomic E-state index is -0.489. The molecule has 1 aromatic carbocycles. The quantitative estimate of drug-likeness (QED) is 0.591. The van der Waals surface area contributed by atoms with Crippen LogP contribution in [0.4, 0.5) is 11.4 Å². The van der Waals surface area contributed by atoms with Crippen LogP contribution in [0.25, 0.3) is 0 Å². The van der Waals surface area contributed by atoms with Crippen LogP contribution in [-0.2, 0) is 4.79 Å². The highest BCUT2D eigenvalue weighted by atomic mass is 16.2. The molecule has 1 aliphatic heterocycles. The molecular formula is C11H15N3O. The van der Waals surface area contributed by atoms with E-state index in [4.69, 9.17) is 5.73 Å². The van der Waals surface area contributed by atoms with Gasteiger partial charge in [0.15, 0.2) is 0 Å². The summed E-state index contributed by atoms with van der Waals surface area (Å²) >= 11 is 0. The van der Waals surface area contributed by atoms with Crippen molar-refractivity contribution in [2.75, 3.05) is 17.2 Å². The van der Waals surface area contributed by atoms with E-state index >= 15 is 0 Å². The van der Waals surface area contributed by atoms with Crippen molar-refractivity contribution in [1.82, 2.24) is 0 Å². The molecule has 2 rings (SSSR count). The van der Waals surface area contributed by atoms with Gasteiger partial charge in [-0.25, -0.2) is 0 Å². The molecule has 0 aliphatic carbocycles. The standard InChI is InChI=1S/C11H15N3O/c1-6-3-7(2)10-9(4-6)13-5-8(12)11(15)14-10/h3-4,8,13H,5,12H2,1-2H3,(H,14,15)/t8-/m0/s1. The number of benzene rings is 1. The van der Waals surface area contributed by atoms with Gasteiger partial charge in [0.2, 0.25) is 5.91 Å². The predicted molar refractivity (Wildman–Crippen MR) is 61.0 cm³/mol. The molecule has 0 fully saturated rings. The average molecular weight is 205 g/mol. The van der Waals surface area contributed by atoms with Crippen LogP contribution >= 0.6 is 0 Å². The number of carbonyl (C=O) groups is 1. The number of rotatable bonds is 0. The van der Waals surface area contributed by atoms with Gasteiger partial charge in [-0.3, -0.25) is 4.79 Å². The molecule has 0 bridgehead atoms. The van der Waals surface area contributed by atoms with Crippen LogP contribution in [-0.4, -0.2) is 18.5 Å². The second kappa shape index (κ2) is 3.55. The molecule has 15 heavy (non-hydrogen) atoms. The Balaban J connectivity index is 2.47. The van der Waals surface area contributed by atoms with Gasteiger partial charge in [-0.05, 0) is 31.0 Å². The minimum Gasteiger partial charge on any atom is -0.381 e. The van der Waals surface area contributed by atoms with E-state index in [0.717, 1.165) is 16.9 Å². The van der Waals surface area contributed by atoms with E-state index in [0.29, 0.717) is 6.54 Å². The molecule has 1 atom stereocenters. The Kier molecular flexibility index (Phi) is 2.36. The summed E-state index contributed by atoms with van der Waals surface area (Å²) in [5.41, 5.74) is 9.70. The van der Waals surface area contributed by atoms with Gasteiger partial charge in [0, 0.05) is 6.54 Å². The molecule has 0 radical (unpaired) electrons. The molecule has 4 N–H and O–H groups in total. The lowest BCUT2D eigenvalue weighted by molar-refractivity contribution is -0.117. The van der Waals surface area contributed by atoms with Crippen LogP contribution in [0.5, 0.6) is 0 Å². The first-order valence-electron chi connectivity index (χ1n) is 4.99. The van der Waals surface area contributed by atoms with E-state index in [1.165, 1.54) is 5.56 Å². The molecule has 4 nitrogen and oxygen atoms in total. The van der Waals surface area contributed by atoms with Crippen molar-refractivity contribution < 1.29 is 4.79 Å². The van der Waals surface area contributed by atoms with E-state index in [1.54, 1.807) is 0 Å². The first-order chi connectivity index (χ1) is 7.08. The number of carbonyl (C=O) groups excluding carboxylic acids is 1. The molecule has 0 aromatic heterocycles. The summed E-state index contributed by atoms with van der Waals surface area (Å²) in [6.07, 6.45) is 0. The summed E-state index contributed by atoms with van der Waals surface area (Å²) in [6.45, 7) is 4.48. The Hall–Kier alpha value is -1.55. The third kappa shape index (κ3) is 1.80. The zero-order chi connectivity index (χ0) is 11.0. The molecule has 1 amide bonds. The molecule has 0 saturated heterocycles. The zero-order valence-corrected chi connectivity index (χ0v) is 8.92. The van der Waals surface area contributed by atoms with E-state index in [1.807, 2.05) is 26.0 Å². The smallest absolute Gasteiger partial charge is 0.243 e. The normalized spacial score (nSPS) is 19.9. The third-order valence-electron chi connectivity index (χ3n) is 2.58. The number of aryl methyl sites for hydroxylation is 2. The van der Waals surface area contributed by atoms with Crippen molar-refractivity contribution in [1.29, 1.82) is 0 Å². The number of anilines is 2. The fourth-order valence-electron chi connectivity index (χ4n) is 1.80. The summed E-state index contributed by atoms with van der Waals surface area (Å²) in [6, 6.07) is 3.57. The van der Waals surface area contributed by atoms with Crippen molar-refractivity contribution in [2.45, 2.75) is 19.9 Å². The number of amides is 1. The summed E-state index contributed by atoms with van der Waals surface area (Å²) < 4.78 is 0. The van der Waals surface area contributed by atoms with Crippen molar-refractivity contribution in [3.05, 3.63) is 23.3 Å². The minimum absolute atomic E-state index is 0.131. The largest absolute Gasteiger partial charge is 0.381 e. The summed E-state index contributed by atoms with van der Waals surface area (Å²) in [5, 5.41) is 6.02. The molecule has 1 heterocycles. The van der Waals surface area contributed by atoms with Crippen LogP contribution in [0, 0.1) is 13.8 Å². The predicted octanol–water partition coefficient (Wildman–Crippen LogP) is 0.995. The molecule has 1 aromatic rings. The van der Waals surface area contributed by atoms with Crippen molar-refractivity contribution in [3.63, 3.8) is 0 Å². The molecule has 0 saturated carbocycles. The maximum absolute atomic E-state index is 11.5. The second-order valence-corrected chi connectivity index (χ2v) is 3.98. The van der Waals surface area contributed by atoms with Crippen molar-refractivity contribution >= 4 is 17.3 Å². The molecule has 0 spiro atoms. The van der Waals surface area contributed by atoms with Gasteiger partial charge in [-0.1, -0.05) is 6.07 Å². The number of fused-ring (bicyclic) bond motifs is 1. The molecular weight excluding hydrogens is 190 g/mol. The maximum atomic E-state index is 11.5. The Labute approximate surface area is 88.9 Å². The van der Waals surface area contributed by atoms with E-state index in [-0.39, 0.29) is 5.91 Å². The van der Waals surface area contributed by atoms with E-state index in [2.05, 4.69) is 10.6 Å². The first kappa shape index (κ1) is 9.98. The summed E-state index contributed by atoms with van der Waals surface area (Å²) in [7, 11) is 0. The Morgan fingerprint density at radius 2 is 2.13 bits per heavy atom. The first-order valence-corrected chi connectivity index (χ1v) is 4.99. The monoisotopic (exact) mass is 205 g/mol. The average Bonchev–Trinajstić information content (AvgIpc) is 2.30. The van der Waals surface area contributed by atoms with Gasteiger partial charge in [0.1, 0.15) is 6.04 Å². The van der Waals surface area contributed by atoms with Crippen LogP contribution in [0.2, 0.25) is 0 Å². The van der Waals surface area contributed by atoms with Gasteiger partial charge < -0.3 is 16.4 Å². The second-order valence-electron chi connectivity index (χ2n) is 3.98. The SMILES string of the molecule is Cc1cc(C)c2c(c1)NC[C@H](N)C(=O)N2. The number of hydrogen-bond donors (Lipinski definition) is 3. The summed E-state index contributed by atoms with van der Waals surface area (Å²) in [5.74, 6) is -0.131. The molecule has 1 aliphatic rings. The number of hydrogen-bond acceptors (Lipinski definition) is 3. The maximum Gasteiger partial charge on any atom is 0.243 e. The van der Waals surface area contributed by atoms with Gasteiger partial charge >= 0.3 is 0 Å². The van der Waals surface area contributed by atoms with Crippen LogP contribution in [0.3, 0.4) is 0 Å².